The van der Waals surface area contributed by atoms with Crippen LogP contribution in [-0.4, -0.2) is 25.4 Å². The van der Waals surface area contributed by atoms with Gasteiger partial charge in [-0.1, -0.05) is 13.8 Å². The van der Waals surface area contributed by atoms with Crippen molar-refractivity contribution in [3.63, 3.8) is 0 Å². The van der Waals surface area contributed by atoms with Gasteiger partial charge in [-0.05, 0) is 30.2 Å². The molecule has 0 aliphatic rings. The van der Waals surface area contributed by atoms with E-state index in [2.05, 4.69) is 0 Å². The van der Waals surface area contributed by atoms with Crippen molar-refractivity contribution in [2.45, 2.75) is 24.0 Å². The van der Waals surface area contributed by atoms with Gasteiger partial charge < -0.3 is 5.11 Å². The minimum atomic E-state index is -3.58. The molecule has 0 saturated heterocycles. The van der Waals surface area contributed by atoms with Crippen molar-refractivity contribution in [1.29, 1.82) is 0 Å². The summed E-state index contributed by atoms with van der Waals surface area (Å²) in [7, 11) is -3.58. The van der Waals surface area contributed by atoms with Gasteiger partial charge in [-0.2, -0.15) is 0 Å². The Bertz CT molecular complexity index is 437. The van der Waals surface area contributed by atoms with E-state index in [-0.39, 0.29) is 10.8 Å². The van der Waals surface area contributed by atoms with Gasteiger partial charge in [0.15, 0.2) is 9.84 Å². The summed E-state index contributed by atoms with van der Waals surface area (Å²) in [5, 5.41) is 8.25. The standard InChI is InChI=1S/C11H15FO3S/c1-8(2)11(7-13)16(14,15)10-5-3-9(12)4-6-10/h3-6,8,11,13H,7H2,1-2H3. The molecule has 0 bridgehead atoms. The Labute approximate surface area is 94.8 Å². The van der Waals surface area contributed by atoms with Crippen LogP contribution >= 0.6 is 0 Å². The van der Waals surface area contributed by atoms with E-state index in [4.69, 9.17) is 5.11 Å². The second-order valence-corrected chi connectivity index (χ2v) is 6.13. The first-order chi connectivity index (χ1) is 7.39. The van der Waals surface area contributed by atoms with Crippen molar-refractivity contribution in [1.82, 2.24) is 0 Å². The number of sulfone groups is 1. The number of aliphatic hydroxyl groups is 1. The summed E-state index contributed by atoms with van der Waals surface area (Å²) in [6.45, 7) is 3.02. The van der Waals surface area contributed by atoms with E-state index in [1.807, 2.05) is 0 Å². The highest BCUT2D eigenvalue weighted by atomic mass is 32.2. The summed E-state index contributed by atoms with van der Waals surface area (Å²) < 4.78 is 36.7. The lowest BCUT2D eigenvalue weighted by Crippen LogP contribution is -2.30. The van der Waals surface area contributed by atoms with E-state index >= 15 is 0 Å². The zero-order valence-corrected chi connectivity index (χ0v) is 10.0. The maximum Gasteiger partial charge on any atom is 0.183 e. The van der Waals surface area contributed by atoms with Crippen LogP contribution in [0.1, 0.15) is 13.8 Å². The molecule has 1 aromatic rings. The van der Waals surface area contributed by atoms with Crippen LogP contribution in [-0.2, 0) is 9.84 Å². The van der Waals surface area contributed by atoms with Gasteiger partial charge in [0, 0.05) is 0 Å². The van der Waals surface area contributed by atoms with Crippen molar-refractivity contribution >= 4 is 9.84 Å². The molecule has 1 aromatic carbocycles. The summed E-state index contributed by atoms with van der Waals surface area (Å²) in [5.41, 5.74) is 0. The van der Waals surface area contributed by atoms with Crippen LogP contribution in [0.3, 0.4) is 0 Å². The first kappa shape index (κ1) is 13.1. The quantitative estimate of drug-likeness (QED) is 0.821. The van der Waals surface area contributed by atoms with Gasteiger partial charge in [0.1, 0.15) is 5.82 Å². The molecule has 0 heterocycles. The van der Waals surface area contributed by atoms with Crippen LogP contribution in [0.15, 0.2) is 29.2 Å². The molecule has 5 heteroatoms. The summed E-state index contributed by atoms with van der Waals surface area (Å²) in [6, 6.07) is 4.63. The highest BCUT2D eigenvalue weighted by Gasteiger charge is 2.29. The van der Waals surface area contributed by atoms with Crippen LogP contribution in [0.5, 0.6) is 0 Å². The van der Waals surface area contributed by atoms with Crippen LogP contribution in [0.25, 0.3) is 0 Å². The highest BCUT2D eigenvalue weighted by molar-refractivity contribution is 7.92. The topological polar surface area (TPSA) is 54.4 Å². The molecule has 0 aliphatic carbocycles. The van der Waals surface area contributed by atoms with Crippen molar-refractivity contribution < 1.29 is 17.9 Å². The first-order valence-electron chi connectivity index (χ1n) is 5.00. The fourth-order valence-electron chi connectivity index (χ4n) is 1.47. The number of rotatable bonds is 4. The second-order valence-electron chi connectivity index (χ2n) is 3.96. The molecule has 1 unspecified atom stereocenters. The van der Waals surface area contributed by atoms with Crippen molar-refractivity contribution in [2.75, 3.05) is 6.61 Å². The molecule has 0 aromatic heterocycles. The number of benzene rings is 1. The third kappa shape index (κ3) is 2.59. The third-order valence-corrected chi connectivity index (χ3v) is 4.88. The first-order valence-corrected chi connectivity index (χ1v) is 6.54. The fourth-order valence-corrected chi connectivity index (χ4v) is 3.24. The monoisotopic (exact) mass is 246 g/mol. The van der Waals surface area contributed by atoms with Gasteiger partial charge in [0.25, 0.3) is 0 Å². The Morgan fingerprint density at radius 3 is 2.12 bits per heavy atom. The third-order valence-electron chi connectivity index (χ3n) is 2.46. The smallest absolute Gasteiger partial charge is 0.183 e. The Morgan fingerprint density at radius 2 is 1.75 bits per heavy atom. The van der Waals surface area contributed by atoms with E-state index < -0.39 is 27.5 Å². The normalized spacial score (nSPS) is 14.1. The van der Waals surface area contributed by atoms with Crippen LogP contribution < -0.4 is 0 Å². The molecular formula is C11H15FO3S. The van der Waals surface area contributed by atoms with Crippen molar-refractivity contribution in [3.05, 3.63) is 30.1 Å². The van der Waals surface area contributed by atoms with Crippen molar-refractivity contribution in [3.8, 4) is 0 Å². The Balaban J connectivity index is 3.15. The fraction of sp³-hybridized carbons (Fsp3) is 0.455. The lowest BCUT2D eigenvalue weighted by molar-refractivity contribution is 0.269. The number of halogens is 1. The Hall–Kier alpha value is -0.940. The lowest BCUT2D eigenvalue weighted by atomic mass is 10.1. The maximum atomic E-state index is 12.7. The Morgan fingerprint density at radius 1 is 1.25 bits per heavy atom. The summed E-state index contributed by atoms with van der Waals surface area (Å²) in [5.74, 6) is -0.677. The van der Waals surface area contributed by atoms with Crippen molar-refractivity contribution in [2.24, 2.45) is 5.92 Å². The van der Waals surface area contributed by atoms with Gasteiger partial charge in [0.05, 0.1) is 16.8 Å². The van der Waals surface area contributed by atoms with Crippen LogP contribution in [0, 0.1) is 11.7 Å². The van der Waals surface area contributed by atoms with E-state index in [0.717, 1.165) is 12.1 Å². The number of hydrogen-bond acceptors (Lipinski definition) is 3. The molecule has 90 valence electrons. The highest BCUT2D eigenvalue weighted by Crippen LogP contribution is 2.21. The molecular weight excluding hydrogens is 231 g/mol. The molecule has 1 atom stereocenters. The lowest BCUT2D eigenvalue weighted by Gasteiger charge is -2.18. The van der Waals surface area contributed by atoms with Gasteiger partial charge in [0.2, 0.25) is 0 Å². The van der Waals surface area contributed by atoms with Gasteiger partial charge in [-0.15, -0.1) is 0 Å². The van der Waals surface area contributed by atoms with Crippen LogP contribution in [0.2, 0.25) is 0 Å². The summed E-state index contributed by atoms with van der Waals surface area (Å²) in [6.07, 6.45) is 0. The predicted octanol–water partition coefficient (Wildman–Crippen LogP) is 1.62. The van der Waals surface area contributed by atoms with Gasteiger partial charge in [-0.25, -0.2) is 12.8 Å². The van der Waals surface area contributed by atoms with Crippen LogP contribution in [0.4, 0.5) is 4.39 Å². The number of aliphatic hydroxyl groups excluding tert-OH is 1. The summed E-state index contributed by atoms with van der Waals surface area (Å²) >= 11 is 0. The molecule has 1 N–H and O–H groups in total. The number of hydrogen-bond donors (Lipinski definition) is 1. The molecule has 0 saturated carbocycles. The molecule has 0 spiro atoms. The zero-order chi connectivity index (χ0) is 12.3. The Kier molecular flexibility index (Phi) is 4.04. The molecule has 0 amide bonds. The molecule has 0 radical (unpaired) electrons. The molecule has 0 aliphatic heterocycles. The average Bonchev–Trinajstić information content (AvgIpc) is 2.18. The second kappa shape index (κ2) is 4.93. The molecule has 1 rings (SSSR count). The maximum absolute atomic E-state index is 12.7. The zero-order valence-electron chi connectivity index (χ0n) is 9.22. The molecule has 16 heavy (non-hydrogen) atoms. The minimum Gasteiger partial charge on any atom is -0.395 e. The minimum absolute atomic E-state index is 0.0432. The van der Waals surface area contributed by atoms with Gasteiger partial charge >= 0.3 is 0 Å². The van der Waals surface area contributed by atoms with E-state index in [0.29, 0.717) is 0 Å². The predicted molar refractivity (Wildman–Crippen MR) is 59.3 cm³/mol. The van der Waals surface area contributed by atoms with Gasteiger partial charge in [-0.3, -0.25) is 0 Å². The van der Waals surface area contributed by atoms with E-state index in [9.17, 15) is 12.8 Å². The largest absolute Gasteiger partial charge is 0.395 e. The average molecular weight is 246 g/mol. The van der Waals surface area contributed by atoms with E-state index in [1.165, 1.54) is 12.1 Å². The van der Waals surface area contributed by atoms with E-state index in [1.54, 1.807) is 13.8 Å². The molecule has 0 fully saturated rings. The summed E-state index contributed by atoms with van der Waals surface area (Å²) in [4.78, 5) is 0.0432. The molecule has 3 nitrogen and oxygen atoms in total. The SMILES string of the molecule is CC(C)C(CO)S(=O)(=O)c1ccc(F)cc1.